The third kappa shape index (κ3) is 5.09. The molecule has 0 aliphatic carbocycles. The van der Waals surface area contributed by atoms with Gasteiger partial charge in [-0.25, -0.2) is 0 Å². The van der Waals surface area contributed by atoms with Crippen LogP contribution in [0, 0.1) is 0 Å². The van der Waals surface area contributed by atoms with Crippen molar-refractivity contribution in [3.8, 4) is 16.8 Å². The second-order valence-electron chi connectivity index (χ2n) is 15.4. The minimum Gasteiger partial charge on any atom is -0.310 e. The molecule has 0 N–H and O–H groups in total. The Labute approximate surface area is 316 Å². The van der Waals surface area contributed by atoms with E-state index in [2.05, 4.69) is 218 Å². The second kappa shape index (κ2) is 12.5. The molecule has 0 aliphatic heterocycles. The molecule has 0 amide bonds. The van der Waals surface area contributed by atoms with Crippen LogP contribution in [0.4, 0.5) is 17.1 Å². The van der Waals surface area contributed by atoms with Crippen LogP contribution in [0.1, 0.15) is 26.3 Å². The van der Waals surface area contributed by atoms with Crippen molar-refractivity contribution in [2.45, 2.75) is 26.2 Å². The first-order valence-corrected chi connectivity index (χ1v) is 18.9. The molecule has 10 aromatic rings. The van der Waals surface area contributed by atoms with E-state index in [1.165, 1.54) is 70.8 Å². The van der Waals surface area contributed by atoms with Gasteiger partial charge in [0.15, 0.2) is 0 Å². The van der Waals surface area contributed by atoms with Crippen LogP contribution in [0.2, 0.25) is 0 Å². The van der Waals surface area contributed by atoms with Crippen molar-refractivity contribution in [3.05, 3.63) is 194 Å². The maximum atomic E-state index is 2.47. The molecule has 1 aromatic heterocycles. The lowest BCUT2D eigenvalue weighted by molar-refractivity contribution is 0.590. The Bertz CT molecular complexity index is 2970. The molecule has 0 saturated heterocycles. The number of aromatic nitrogens is 1. The van der Waals surface area contributed by atoms with E-state index in [0.717, 1.165) is 22.7 Å². The van der Waals surface area contributed by atoms with Crippen molar-refractivity contribution in [3.63, 3.8) is 0 Å². The SMILES string of the molecule is CC(C)(C)c1ccc(N(c2ccc3c4ccccc4n(-c4ccccc4-c4ccccc4)c3c2)c2cccc3c4ccccc4c4ccccc4c23)cc1. The second-order valence-corrected chi connectivity index (χ2v) is 15.4. The molecule has 0 radical (unpaired) electrons. The molecule has 2 heteroatoms. The fourth-order valence-corrected chi connectivity index (χ4v) is 8.55. The van der Waals surface area contributed by atoms with Crippen LogP contribution in [0.5, 0.6) is 0 Å². The van der Waals surface area contributed by atoms with E-state index in [1.807, 2.05) is 0 Å². The predicted octanol–water partition coefficient (Wildman–Crippen LogP) is 14.7. The van der Waals surface area contributed by atoms with Gasteiger partial charge in [-0.3, -0.25) is 0 Å². The quantitative estimate of drug-likeness (QED) is 0.163. The molecule has 0 saturated carbocycles. The Hall–Kier alpha value is -6.64. The lowest BCUT2D eigenvalue weighted by atomic mass is 9.87. The Morgan fingerprint density at radius 1 is 0.407 bits per heavy atom. The summed E-state index contributed by atoms with van der Waals surface area (Å²) in [6, 6.07) is 69.1. The molecule has 54 heavy (non-hydrogen) atoms. The predicted molar refractivity (Wildman–Crippen MR) is 232 cm³/mol. The van der Waals surface area contributed by atoms with Crippen LogP contribution in [0.3, 0.4) is 0 Å². The first-order valence-electron chi connectivity index (χ1n) is 18.9. The zero-order chi connectivity index (χ0) is 36.4. The van der Waals surface area contributed by atoms with E-state index in [1.54, 1.807) is 0 Å². The summed E-state index contributed by atoms with van der Waals surface area (Å²) < 4.78 is 2.46. The molecule has 0 fully saturated rings. The minimum atomic E-state index is 0.0455. The molecule has 258 valence electrons. The fraction of sp³-hybridized carbons (Fsp3) is 0.0769. The highest BCUT2D eigenvalue weighted by Crippen LogP contribution is 2.46. The smallest absolute Gasteiger partial charge is 0.0562 e. The van der Waals surface area contributed by atoms with Gasteiger partial charge in [-0.2, -0.15) is 0 Å². The summed E-state index contributed by atoms with van der Waals surface area (Å²) in [5.74, 6) is 0. The Balaban J connectivity index is 1.29. The summed E-state index contributed by atoms with van der Waals surface area (Å²) in [5, 5.41) is 10.0. The third-order valence-corrected chi connectivity index (χ3v) is 11.1. The van der Waals surface area contributed by atoms with Crippen LogP contribution in [0.25, 0.3) is 70.9 Å². The zero-order valence-electron chi connectivity index (χ0n) is 30.8. The Kier molecular flexibility index (Phi) is 7.42. The van der Waals surface area contributed by atoms with E-state index in [4.69, 9.17) is 0 Å². The molecule has 0 aliphatic rings. The standard InChI is InChI=1S/C52H40N2/c1-52(2,3)36-28-30-37(31-29-36)53(49-27-15-24-46-42-20-8-7-19-40(42)41-21-9-10-23-45(41)51(46)49)38-32-33-44-43-22-12-14-26-48(43)54(50(44)34-38)47-25-13-11-18-39(47)35-16-5-4-6-17-35/h4-34H,1-3H3. The van der Waals surface area contributed by atoms with Gasteiger partial charge >= 0.3 is 0 Å². The Morgan fingerprint density at radius 3 is 1.65 bits per heavy atom. The monoisotopic (exact) mass is 692 g/mol. The van der Waals surface area contributed by atoms with Gasteiger partial charge in [0.2, 0.25) is 0 Å². The number of fused-ring (bicyclic) bond motifs is 9. The van der Waals surface area contributed by atoms with E-state index in [0.29, 0.717) is 0 Å². The first-order chi connectivity index (χ1) is 26.5. The van der Waals surface area contributed by atoms with Crippen LogP contribution in [-0.4, -0.2) is 4.57 Å². The van der Waals surface area contributed by atoms with E-state index < -0.39 is 0 Å². The summed E-state index contributed by atoms with van der Waals surface area (Å²) >= 11 is 0. The van der Waals surface area contributed by atoms with Gasteiger partial charge in [-0.1, -0.05) is 166 Å². The molecular formula is C52H40N2. The molecule has 9 aromatic carbocycles. The molecule has 0 bridgehead atoms. The number of benzene rings is 9. The summed E-state index contributed by atoms with van der Waals surface area (Å²) in [6.45, 7) is 6.84. The summed E-state index contributed by atoms with van der Waals surface area (Å²) in [6.07, 6.45) is 0. The van der Waals surface area contributed by atoms with Crippen LogP contribution < -0.4 is 4.90 Å². The van der Waals surface area contributed by atoms with Gasteiger partial charge in [0.25, 0.3) is 0 Å². The van der Waals surface area contributed by atoms with Crippen LogP contribution >= 0.6 is 0 Å². The van der Waals surface area contributed by atoms with E-state index >= 15 is 0 Å². The molecule has 0 atom stereocenters. The highest BCUT2D eigenvalue weighted by molar-refractivity contribution is 6.28. The number of hydrogen-bond donors (Lipinski definition) is 0. The van der Waals surface area contributed by atoms with E-state index in [9.17, 15) is 0 Å². The average Bonchev–Trinajstić information content (AvgIpc) is 3.55. The normalized spacial score (nSPS) is 12.0. The molecule has 2 nitrogen and oxygen atoms in total. The summed E-state index contributed by atoms with van der Waals surface area (Å²) in [7, 11) is 0. The number of para-hydroxylation sites is 2. The number of hydrogen-bond acceptors (Lipinski definition) is 1. The molecule has 1 heterocycles. The van der Waals surface area contributed by atoms with Gasteiger partial charge < -0.3 is 9.47 Å². The first kappa shape index (κ1) is 32.0. The maximum Gasteiger partial charge on any atom is 0.0562 e. The lowest BCUT2D eigenvalue weighted by Crippen LogP contribution is -2.13. The van der Waals surface area contributed by atoms with Crippen molar-refractivity contribution in [1.29, 1.82) is 0 Å². The summed E-state index contributed by atoms with van der Waals surface area (Å²) in [4.78, 5) is 2.47. The van der Waals surface area contributed by atoms with Crippen molar-refractivity contribution < 1.29 is 0 Å². The largest absolute Gasteiger partial charge is 0.310 e. The van der Waals surface area contributed by atoms with Gasteiger partial charge in [-0.05, 0) is 85.9 Å². The number of rotatable bonds is 5. The van der Waals surface area contributed by atoms with Gasteiger partial charge in [0.1, 0.15) is 0 Å². The van der Waals surface area contributed by atoms with E-state index in [-0.39, 0.29) is 5.41 Å². The van der Waals surface area contributed by atoms with Gasteiger partial charge in [0.05, 0.1) is 22.4 Å². The fourth-order valence-electron chi connectivity index (χ4n) is 8.55. The third-order valence-electron chi connectivity index (χ3n) is 11.1. The molecule has 0 spiro atoms. The minimum absolute atomic E-state index is 0.0455. The highest BCUT2D eigenvalue weighted by atomic mass is 15.1. The average molecular weight is 693 g/mol. The Morgan fingerprint density at radius 2 is 0.944 bits per heavy atom. The lowest BCUT2D eigenvalue weighted by Gasteiger charge is -2.29. The summed E-state index contributed by atoms with van der Waals surface area (Å²) in [5.41, 5.74) is 10.7. The van der Waals surface area contributed by atoms with Crippen LogP contribution in [0.15, 0.2) is 188 Å². The van der Waals surface area contributed by atoms with Gasteiger partial charge in [-0.15, -0.1) is 0 Å². The highest BCUT2D eigenvalue weighted by Gasteiger charge is 2.23. The van der Waals surface area contributed by atoms with Crippen molar-refractivity contribution >= 4 is 71.2 Å². The number of nitrogens with zero attached hydrogens (tertiary/aromatic N) is 2. The van der Waals surface area contributed by atoms with Crippen molar-refractivity contribution in [2.24, 2.45) is 0 Å². The zero-order valence-corrected chi connectivity index (χ0v) is 30.8. The topological polar surface area (TPSA) is 8.17 Å². The molecular weight excluding hydrogens is 653 g/mol. The van der Waals surface area contributed by atoms with Crippen LogP contribution in [-0.2, 0) is 5.41 Å². The molecule has 10 rings (SSSR count). The molecule has 0 unspecified atom stereocenters. The van der Waals surface area contributed by atoms with Crippen molar-refractivity contribution in [1.82, 2.24) is 4.57 Å². The van der Waals surface area contributed by atoms with Gasteiger partial charge in [0, 0.05) is 33.1 Å². The van der Waals surface area contributed by atoms with Crippen molar-refractivity contribution in [2.75, 3.05) is 4.90 Å². The maximum absolute atomic E-state index is 2.47. The number of anilines is 3.